The van der Waals surface area contributed by atoms with Crippen molar-refractivity contribution in [1.29, 1.82) is 0 Å². The number of ether oxygens (including phenoxy) is 2. The predicted octanol–water partition coefficient (Wildman–Crippen LogP) is 5.49. The second kappa shape index (κ2) is 11.5. The summed E-state index contributed by atoms with van der Waals surface area (Å²) in [6.45, 7) is 8.95. The highest BCUT2D eigenvalue weighted by atomic mass is 19.1. The summed E-state index contributed by atoms with van der Waals surface area (Å²) in [6.07, 6.45) is 2.24. The van der Waals surface area contributed by atoms with Gasteiger partial charge in [0.2, 0.25) is 5.88 Å². The van der Waals surface area contributed by atoms with Gasteiger partial charge in [0.25, 0.3) is 5.91 Å². The van der Waals surface area contributed by atoms with Crippen molar-refractivity contribution in [2.45, 2.75) is 52.2 Å². The number of piperidine rings is 1. The van der Waals surface area contributed by atoms with Crippen LogP contribution in [0.2, 0.25) is 0 Å². The Labute approximate surface area is 241 Å². The molecule has 1 aromatic carbocycles. The zero-order valence-corrected chi connectivity index (χ0v) is 23.8. The quantitative estimate of drug-likeness (QED) is 0.409. The maximum atomic E-state index is 14.6. The second-order valence-electron chi connectivity index (χ2n) is 11.6. The Balaban J connectivity index is 1.44. The van der Waals surface area contributed by atoms with E-state index in [1.54, 1.807) is 20.8 Å². The van der Waals surface area contributed by atoms with Crippen molar-refractivity contribution in [1.82, 2.24) is 15.3 Å². The number of nitrogens with zero attached hydrogens (tertiary/aromatic N) is 3. The molecule has 0 bridgehead atoms. The largest absolute Gasteiger partial charge is 0.477 e. The Morgan fingerprint density at radius 2 is 1.81 bits per heavy atom. The number of amides is 2. The van der Waals surface area contributed by atoms with E-state index in [-0.39, 0.29) is 17.7 Å². The number of pyridine rings is 2. The van der Waals surface area contributed by atoms with Crippen LogP contribution in [0.25, 0.3) is 11.3 Å². The number of carbonyl (C=O) groups is 2. The standard InChI is InChI=1S/C30H32F3N5O4/c1-16-12-17(35-29(40)42-30(2,3)4)15-38(14-16)26-18-10-11-41-28(18)34-13-23(26)37-27(39)22-9-8-21(33)25(36-22)24-19(31)6-5-7-20(24)32/h5-9,13,16-17H,10-12,14-15H2,1-4H3,(H,35,40)(H,37,39)/t16-,17+/m1/s1. The minimum atomic E-state index is -1.00. The van der Waals surface area contributed by atoms with Crippen LogP contribution in [0.5, 0.6) is 5.88 Å². The fourth-order valence-electron chi connectivity index (χ4n) is 5.35. The summed E-state index contributed by atoms with van der Waals surface area (Å²) in [4.78, 5) is 36.3. The van der Waals surface area contributed by atoms with Crippen LogP contribution in [0, 0.1) is 23.4 Å². The Morgan fingerprint density at radius 1 is 1.07 bits per heavy atom. The first kappa shape index (κ1) is 29.2. The van der Waals surface area contributed by atoms with Gasteiger partial charge in [-0.2, -0.15) is 0 Å². The van der Waals surface area contributed by atoms with Gasteiger partial charge < -0.3 is 25.0 Å². The maximum Gasteiger partial charge on any atom is 0.407 e. The summed E-state index contributed by atoms with van der Waals surface area (Å²) in [5.74, 6) is -3.06. The van der Waals surface area contributed by atoms with Gasteiger partial charge >= 0.3 is 6.09 Å². The molecule has 9 nitrogen and oxygen atoms in total. The van der Waals surface area contributed by atoms with Crippen molar-refractivity contribution < 1.29 is 32.2 Å². The van der Waals surface area contributed by atoms with E-state index in [2.05, 4.69) is 32.4 Å². The second-order valence-corrected chi connectivity index (χ2v) is 11.6. The van der Waals surface area contributed by atoms with Gasteiger partial charge in [0.15, 0.2) is 0 Å². The average molecular weight is 584 g/mol. The number of alkyl carbamates (subject to hydrolysis) is 1. The van der Waals surface area contributed by atoms with E-state index in [1.165, 1.54) is 6.20 Å². The monoisotopic (exact) mass is 583 g/mol. The summed E-state index contributed by atoms with van der Waals surface area (Å²) in [5, 5.41) is 5.75. The molecule has 12 heteroatoms. The fourth-order valence-corrected chi connectivity index (χ4v) is 5.35. The SMILES string of the molecule is C[C@@H]1C[C@H](NC(=O)OC(C)(C)C)CN(c2c(NC(=O)c3ccc(F)c(-c4c(F)cccc4F)n3)cnc3c2CCO3)C1. The van der Waals surface area contributed by atoms with E-state index in [9.17, 15) is 22.8 Å². The molecule has 4 heterocycles. The van der Waals surface area contributed by atoms with Crippen LogP contribution in [0.4, 0.5) is 29.3 Å². The lowest BCUT2D eigenvalue weighted by Gasteiger charge is -2.39. The molecule has 0 aliphatic carbocycles. The third-order valence-corrected chi connectivity index (χ3v) is 6.92. The summed E-state index contributed by atoms with van der Waals surface area (Å²) < 4.78 is 54.5. The Bertz CT molecular complexity index is 1510. The van der Waals surface area contributed by atoms with Gasteiger partial charge in [0.05, 0.1) is 29.7 Å². The van der Waals surface area contributed by atoms with Crippen LogP contribution >= 0.6 is 0 Å². The molecule has 5 rings (SSSR count). The van der Waals surface area contributed by atoms with Gasteiger partial charge in [0.1, 0.15) is 34.4 Å². The minimum Gasteiger partial charge on any atom is -0.477 e. The number of nitrogens with one attached hydrogen (secondary N) is 2. The van der Waals surface area contributed by atoms with E-state index in [4.69, 9.17) is 9.47 Å². The van der Waals surface area contributed by atoms with E-state index < -0.39 is 46.3 Å². The molecule has 2 aliphatic rings. The zero-order chi connectivity index (χ0) is 30.2. The molecule has 2 atom stereocenters. The number of carbonyl (C=O) groups excluding carboxylic acids is 2. The van der Waals surface area contributed by atoms with Gasteiger partial charge in [-0.25, -0.2) is 27.9 Å². The molecule has 2 N–H and O–H groups in total. The molecule has 3 aromatic rings. The number of aromatic nitrogens is 2. The van der Waals surface area contributed by atoms with Crippen molar-refractivity contribution in [2.75, 3.05) is 29.9 Å². The number of anilines is 2. The number of hydrogen-bond donors (Lipinski definition) is 2. The highest BCUT2D eigenvalue weighted by Gasteiger charge is 2.33. The summed E-state index contributed by atoms with van der Waals surface area (Å²) >= 11 is 0. The van der Waals surface area contributed by atoms with Crippen LogP contribution in [0.3, 0.4) is 0 Å². The molecule has 2 aromatic heterocycles. The van der Waals surface area contributed by atoms with Gasteiger partial charge in [0, 0.05) is 31.1 Å². The highest BCUT2D eigenvalue weighted by molar-refractivity contribution is 6.05. The molecule has 0 unspecified atom stereocenters. The molecular formula is C30H32F3N5O4. The van der Waals surface area contributed by atoms with Crippen LogP contribution in [0.15, 0.2) is 36.5 Å². The van der Waals surface area contributed by atoms with E-state index >= 15 is 0 Å². The molecule has 222 valence electrons. The lowest BCUT2D eigenvalue weighted by molar-refractivity contribution is 0.0495. The molecule has 1 fully saturated rings. The van der Waals surface area contributed by atoms with Gasteiger partial charge in [-0.05, 0) is 57.4 Å². The number of benzene rings is 1. The number of fused-ring (bicyclic) bond motifs is 1. The van der Waals surface area contributed by atoms with Crippen molar-refractivity contribution in [3.8, 4) is 17.1 Å². The van der Waals surface area contributed by atoms with Gasteiger partial charge in [-0.15, -0.1) is 0 Å². The Kier molecular flexibility index (Phi) is 7.98. The summed E-state index contributed by atoms with van der Waals surface area (Å²) in [5.41, 5.74) is -0.299. The first-order valence-electron chi connectivity index (χ1n) is 13.7. The van der Waals surface area contributed by atoms with Crippen molar-refractivity contribution in [3.63, 3.8) is 0 Å². The summed E-state index contributed by atoms with van der Waals surface area (Å²) in [6, 6.07) is 4.99. The lowest BCUT2D eigenvalue weighted by atomic mass is 9.94. The molecule has 0 radical (unpaired) electrons. The van der Waals surface area contributed by atoms with E-state index in [0.717, 1.165) is 42.3 Å². The molecule has 42 heavy (non-hydrogen) atoms. The van der Waals surface area contributed by atoms with Gasteiger partial charge in [-0.1, -0.05) is 13.0 Å². The number of rotatable bonds is 5. The number of hydrogen-bond acceptors (Lipinski definition) is 7. The van der Waals surface area contributed by atoms with Crippen LogP contribution < -0.4 is 20.3 Å². The molecule has 2 amide bonds. The minimum absolute atomic E-state index is 0.186. The predicted molar refractivity (Wildman–Crippen MR) is 150 cm³/mol. The first-order valence-corrected chi connectivity index (χ1v) is 13.7. The smallest absolute Gasteiger partial charge is 0.407 e. The van der Waals surface area contributed by atoms with Crippen molar-refractivity contribution in [2.24, 2.45) is 5.92 Å². The summed E-state index contributed by atoms with van der Waals surface area (Å²) in [7, 11) is 0. The Morgan fingerprint density at radius 3 is 2.52 bits per heavy atom. The molecule has 0 saturated carbocycles. The van der Waals surface area contributed by atoms with Gasteiger partial charge in [-0.3, -0.25) is 4.79 Å². The fraction of sp³-hybridized carbons (Fsp3) is 0.400. The average Bonchev–Trinajstić information content (AvgIpc) is 3.36. The lowest BCUT2D eigenvalue weighted by Crippen LogP contribution is -2.51. The normalized spacial score (nSPS) is 18.2. The third-order valence-electron chi connectivity index (χ3n) is 6.92. The van der Waals surface area contributed by atoms with Crippen LogP contribution in [-0.4, -0.2) is 53.3 Å². The van der Waals surface area contributed by atoms with Crippen LogP contribution in [-0.2, 0) is 11.2 Å². The number of halogens is 3. The molecular weight excluding hydrogens is 551 g/mol. The Hall–Kier alpha value is -4.35. The molecule has 1 saturated heterocycles. The highest BCUT2D eigenvalue weighted by Crippen LogP contribution is 2.40. The molecule has 2 aliphatic heterocycles. The molecule has 0 spiro atoms. The topological polar surface area (TPSA) is 106 Å². The van der Waals surface area contributed by atoms with Crippen molar-refractivity contribution in [3.05, 3.63) is 65.2 Å². The zero-order valence-electron chi connectivity index (χ0n) is 23.8. The van der Waals surface area contributed by atoms with Crippen molar-refractivity contribution >= 4 is 23.4 Å². The maximum absolute atomic E-state index is 14.6. The third kappa shape index (κ3) is 6.27. The first-order chi connectivity index (χ1) is 19.9. The van der Waals surface area contributed by atoms with E-state index in [0.29, 0.717) is 43.4 Å². The van der Waals surface area contributed by atoms with E-state index in [1.807, 2.05) is 0 Å². The van der Waals surface area contributed by atoms with Crippen LogP contribution in [0.1, 0.15) is 50.2 Å².